The van der Waals surface area contributed by atoms with Crippen LogP contribution >= 0.6 is 0 Å². The zero-order chi connectivity index (χ0) is 20.1. The number of amides is 1. The summed E-state index contributed by atoms with van der Waals surface area (Å²) in [7, 11) is 1.57. The zero-order valence-corrected chi connectivity index (χ0v) is 14.9. The molecule has 0 saturated heterocycles. The van der Waals surface area contributed by atoms with Gasteiger partial charge in [-0.25, -0.2) is 4.57 Å². The summed E-state index contributed by atoms with van der Waals surface area (Å²) < 4.78 is 45.1. The SMILES string of the molecule is COc1ccccc1-c1cc[n+](CC(=O)Nc2cccc(C(F)(F)F)c2)cn1. The molecule has 0 unspecified atom stereocenters. The number of anilines is 1. The van der Waals surface area contributed by atoms with E-state index in [0.717, 1.165) is 17.7 Å². The fourth-order valence-electron chi connectivity index (χ4n) is 2.63. The van der Waals surface area contributed by atoms with E-state index in [-0.39, 0.29) is 12.2 Å². The molecule has 28 heavy (non-hydrogen) atoms. The monoisotopic (exact) mass is 388 g/mol. The van der Waals surface area contributed by atoms with Gasteiger partial charge in [-0.05, 0) is 35.3 Å². The number of hydrogen-bond acceptors (Lipinski definition) is 3. The van der Waals surface area contributed by atoms with E-state index in [1.165, 1.54) is 23.0 Å². The molecule has 0 fully saturated rings. The smallest absolute Gasteiger partial charge is 0.416 e. The zero-order valence-electron chi connectivity index (χ0n) is 14.9. The lowest BCUT2D eigenvalue weighted by atomic mass is 10.1. The molecule has 0 radical (unpaired) electrons. The van der Waals surface area contributed by atoms with Crippen molar-refractivity contribution in [3.63, 3.8) is 0 Å². The van der Waals surface area contributed by atoms with Crippen molar-refractivity contribution in [3.8, 4) is 17.0 Å². The summed E-state index contributed by atoms with van der Waals surface area (Å²) in [5.74, 6) is 0.214. The Morgan fingerprint density at radius 1 is 1.14 bits per heavy atom. The third-order valence-corrected chi connectivity index (χ3v) is 3.95. The van der Waals surface area contributed by atoms with Crippen LogP contribution in [0.4, 0.5) is 18.9 Å². The molecule has 0 aliphatic carbocycles. The third-order valence-electron chi connectivity index (χ3n) is 3.95. The van der Waals surface area contributed by atoms with Gasteiger partial charge in [0.2, 0.25) is 0 Å². The van der Waals surface area contributed by atoms with Crippen molar-refractivity contribution >= 4 is 11.6 Å². The van der Waals surface area contributed by atoms with Crippen LogP contribution in [0.3, 0.4) is 0 Å². The van der Waals surface area contributed by atoms with E-state index in [1.807, 2.05) is 24.3 Å². The Labute approximate surface area is 159 Å². The average molecular weight is 388 g/mol. The van der Waals surface area contributed by atoms with Gasteiger partial charge in [0.1, 0.15) is 5.75 Å². The number of carbonyl (C=O) groups is 1. The predicted octanol–water partition coefficient (Wildman–Crippen LogP) is 3.70. The Balaban J connectivity index is 1.68. The van der Waals surface area contributed by atoms with Gasteiger partial charge in [0.25, 0.3) is 12.2 Å². The predicted molar refractivity (Wildman–Crippen MR) is 96.5 cm³/mol. The fourth-order valence-corrected chi connectivity index (χ4v) is 2.63. The first-order chi connectivity index (χ1) is 13.4. The van der Waals surface area contributed by atoms with E-state index in [0.29, 0.717) is 11.4 Å². The number of para-hydroxylation sites is 1. The van der Waals surface area contributed by atoms with Gasteiger partial charge in [0.05, 0.1) is 24.4 Å². The first-order valence-electron chi connectivity index (χ1n) is 8.32. The van der Waals surface area contributed by atoms with Crippen LogP contribution in [-0.4, -0.2) is 18.0 Å². The highest BCUT2D eigenvalue weighted by Gasteiger charge is 2.30. The number of hydrogen-bond donors (Lipinski definition) is 1. The summed E-state index contributed by atoms with van der Waals surface area (Å²) in [6.07, 6.45) is -1.32. The minimum atomic E-state index is -4.46. The lowest BCUT2D eigenvalue weighted by molar-refractivity contribution is -0.686. The number of methoxy groups -OCH3 is 1. The van der Waals surface area contributed by atoms with Gasteiger partial charge in [-0.2, -0.15) is 13.2 Å². The molecule has 3 rings (SSSR count). The number of rotatable bonds is 5. The minimum absolute atomic E-state index is 0.0824. The van der Waals surface area contributed by atoms with Crippen LogP contribution < -0.4 is 14.6 Å². The van der Waals surface area contributed by atoms with E-state index in [1.54, 1.807) is 19.4 Å². The second-order valence-electron chi connectivity index (χ2n) is 5.94. The van der Waals surface area contributed by atoms with Gasteiger partial charge in [-0.3, -0.25) is 4.79 Å². The summed E-state index contributed by atoms with van der Waals surface area (Å²) in [5.41, 5.74) is 0.748. The van der Waals surface area contributed by atoms with E-state index in [4.69, 9.17) is 4.74 Å². The Morgan fingerprint density at radius 3 is 2.61 bits per heavy atom. The Morgan fingerprint density at radius 2 is 1.93 bits per heavy atom. The van der Waals surface area contributed by atoms with Crippen molar-refractivity contribution in [2.24, 2.45) is 0 Å². The summed E-state index contributed by atoms with van der Waals surface area (Å²) in [6, 6.07) is 13.6. The molecule has 0 atom stereocenters. The standard InChI is InChI=1S/C20H16F3N3O2/c1-28-18-8-3-2-7-16(18)17-9-10-26(13-24-17)12-19(27)25-15-6-4-5-14(11-15)20(21,22)23/h2-11,13H,12H2,1H3/p+1. The minimum Gasteiger partial charge on any atom is -0.496 e. The summed E-state index contributed by atoms with van der Waals surface area (Å²) in [6.45, 7) is -0.0878. The van der Waals surface area contributed by atoms with Crippen molar-refractivity contribution in [2.75, 3.05) is 12.4 Å². The Hall–Kier alpha value is -3.42. The lowest BCUT2D eigenvalue weighted by Crippen LogP contribution is -2.40. The number of nitrogens with one attached hydrogen (secondary N) is 1. The van der Waals surface area contributed by atoms with Crippen molar-refractivity contribution in [3.05, 3.63) is 72.7 Å². The lowest BCUT2D eigenvalue weighted by Gasteiger charge is -2.09. The molecule has 0 aliphatic rings. The molecule has 0 spiro atoms. The first-order valence-corrected chi connectivity index (χ1v) is 8.32. The Bertz CT molecular complexity index is 973. The van der Waals surface area contributed by atoms with Crippen molar-refractivity contribution in [2.45, 2.75) is 12.7 Å². The van der Waals surface area contributed by atoms with E-state index >= 15 is 0 Å². The van der Waals surface area contributed by atoms with Crippen LogP contribution in [0.25, 0.3) is 11.3 Å². The Kier molecular flexibility index (Phi) is 5.58. The summed E-state index contributed by atoms with van der Waals surface area (Å²) >= 11 is 0. The maximum Gasteiger partial charge on any atom is 0.416 e. The molecule has 1 N–H and O–H groups in total. The number of nitrogens with zero attached hydrogens (tertiary/aromatic N) is 2. The molecular weight excluding hydrogens is 371 g/mol. The van der Waals surface area contributed by atoms with Crippen LogP contribution in [0.2, 0.25) is 0 Å². The van der Waals surface area contributed by atoms with Crippen LogP contribution in [0.15, 0.2) is 67.1 Å². The third kappa shape index (κ3) is 4.64. The molecule has 0 bridgehead atoms. The molecule has 1 heterocycles. The highest BCUT2D eigenvalue weighted by atomic mass is 19.4. The van der Waals surface area contributed by atoms with Gasteiger partial charge in [-0.1, -0.05) is 18.2 Å². The number of aromatic nitrogens is 2. The number of halogens is 3. The molecule has 5 nitrogen and oxygen atoms in total. The van der Waals surface area contributed by atoms with Crippen molar-refractivity contribution < 1.29 is 27.3 Å². The average Bonchev–Trinajstić information content (AvgIpc) is 2.68. The highest BCUT2D eigenvalue weighted by molar-refractivity contribution is 5.89. The van der Waals surface area contributed by atoms with Crippen LogP contribution in [-0.2, 0) is 17.5 Å². The van der Waals surface area contributed by atoms with Crippen LogP contribution in [0.1, 0.15) is 5.56 Å². The number of benzene rings is 2. The normalized spacial score (nSPS) is 11.1. The highest BCUT2D eigenvalue weighted by Crippen LogP contribution is 2.30. The van der Waals surface area contributed by atoms with Gasteiger partial charge in [0, 0.05) is 11.8 Å². The van der Waals surface area contributed by atoms with Gasteiger partial charge in [-0.15, -0.1) is 0 Å². The molecule has 1 amide bonds. The second-order valence-corrected chi connectivity index (χ2v) is 5.94. The van der Waals surface area contributed by atoms with E-state index in [2.05, 4.69) is 10.3 Å². The first kappa shape index (κ1) is 19.3. The maximum atomic E-state index is 12.7. The molecule has 0 saturated carbocycles. The van der Waals surface area contributed by atoms with Crippen molar-refractivity contribution in [1.82, 2.24) is 4.98 Å². The number of ether oxygens (including phenoxy) is 1. The largest absolute Gasteiger partial charge is 0.496 e. The topological polar surface area (TPSA) is 55.1 Å². The molecule has 0 aliphatic heterocycles. The van der Waals surface area contributed by atoms with Gasteiger partial charge >= 0.3 is 6.18 Å². The molecule has 3 aromatic rings. The van der Waals surface area contributed by atoms with Crippen LogP contribution in [0, 0.1) is 0 Å². The molecule has 144 valence electrons. The van der Waals surface area contributed by atoms with E-state index in [9.17, 15) is 18.0 Å². The van der Waals surface area contributed by atoms with Gasteiger partial charge in [0.15, 0.2) is 12.2 Å². The summed E-state index contributed by atoms with van der Waals surface area (Å²) in [4.78, 5) is 16.5. The van der Waals surface area contributed by atoms with E-state index < -0.39 is 17.6 Å². The molecule has 2 aromatic carbocycles. The molecule has 8 heteroatoms. The van der Waals surface area contributed by atoms with Crippen molar-refractivity contribution in [1.29, 1.82) is 0 Å². The summed E-state index contributed by atoms with van der Waals surface area (Å²) in [5, 5.41) is 2.46. The second kappa shape index (κ2) is 8.08. The quantitative estimate of drug-likeness (QED) is 0.678. The van der Waals surface area contributed by atoms with Gasteiger partial charge < -0.3 is 10.1 Å². The number of carbonyl (C=O) groups excluding carboxylic acids is 1. The van der Waals surface area contributed by atoms with Crippen LogP contribution in [0.5, 0.6) is 5.75 Å². The molecular formula is C20H17F3N3O2+. The maximum absolute atomic E-state index is 12.7. The molecule has 1 aromatic heterocycles. The fraction of sp³-hybridized carbons (Fsp3) is 0.150. The number of alkyl halides is 3.